The van der Waals surface area contributed by atoms with Crippen molar-refractivity contribution in [3.05, 3.63) is 72.8 Å². The number of benzene rings is 3. The topological polar surface area (TPSA) is 180 Å². The summed E-state index contributed by atoms with van der Waals surface area (Å²) in [6.45, 7) is -0.474. The molecule has 0 saturated heterocycles. The Bertz CT molecular complexity index is 1240. The van der Waals surface area contributed by atoms with Gasteiger partial charge >= 0.3 is 0 Å². The molecular weight excluding hydrogens is 461 g/mol. The molecule has 0 amide bonds. The van der Waals surface area contributed by atoms with Crippen LogP contribution in [0.25, 0.3) is 0 Å². The van der Waals surface area contributed by atoms with Crippen molar-refractivity contribution in [2.45, 2.75) is 14.7 Å². The van der Waals surface area contributed by atoms with Crippen LogP contribution in [0.15, 0.2) is 87.5 Å². The molecule has 0 aliphatic heterocycles. The zero-order valence-corrected chi connectivity index (χ0v) is 18.4. The number of hydrogen-bond donors (Lipinski definition) is 3. The number of hydrogen-bond acceptors (Lipinski definition) is 6. The number of sulfonamides is 3. The van der Waals surface area contributed by atoms with Crippen molar-refractivity contribution in [3.63, 3.8) is 0 Å². The van der Waals surface area contributed by atoms with Crippen LogP contribution in [0.5, 0.6) is 0 Å². The van der Waals surface area contributed by atoms with E-state index in [2.05, 4.69) is 0 Å². The molecule has 9 nitrogen and oxygen atoms in total. The van der Waals surface area contributed by atoms with Crippen molar-refractivity contribution in [2.24, 2.45) is 15.4 Å². The largest absolute Gasteiger partial charge is 0.241 e. The molecule has 31 heavy (non-hydrogen) atoms. The zero-order valence-electron chi connectivity index (χ0n) is 15.9. The van der Waals surface area contributed by atoms with E-state index in [1.54, 1.807) is 36.4 Å². The molecule has 0 aliphatic rings. The van der Waals surface area contributed by atoms with Gasteiger partial charge in [-0.2, -0.15) is 0 Å². The summed E-state index contributed by atoms with van der Waals surface area (Å²) in [7, 11) is -11.6. The Morgan fingerprint density at radius 2 is 0.613 bits per heavy atom. The highest BCUT2D eigenvalue weighted by molar-refractivity contribution is 7.89. The van der Waals surface area contributed by atoms with Gasteiger partial charge in [0.1, 0.15) is 0 Å². The molecule has 3 aromatic rings. The molecule has 6 N–H and O–H groups in total. The van der Waals surface area contributed by atoms with Gasteiger partial charge in [-0.25, -0.2) is 40.7 Å². The summed E-state index contributed by atoms with van der Waals surface area (Å²) in [5.41, 5.74) is 2.00. The maximum absolute atomic E-state index is 11.6. The van der Waals surface area contributed by atoms with Gasteiger partial charge < -0.3 is 0 Å². The summed E-state index contributed by atoms with van der Waals surface area (Å²) in [4.78, 5) is -0.197. The molecule has 162 valence electrons. The van der Waals surface area contributed by atoms with Crippen LogP contribution in [0.2, 0.25) is 0 Å². The van der Waals surface area contributed by atoms with Crippen molar-refractivity contribution in [2.75, 3.05) is 0 Å². The third-order valence-electron chi connectivity index (χ3n) is 4.63. The molecule has 0 bridgehead atoms. The molecule has 0 radical (unpaired) electrons. The number of rotatable bonds is 6. The van der Waals surface area contributed by atoms with Gasteiger partial charge in [-0.3, -0.25) is 0 Å². The van der Waals surface area contributed by atoms with E-state index >= 15 is 0 Å². The second kappa shape index (κ2) is 8.18. The van der Waals surface area contributed by atoms with E-state index in [9.17, 15) is 25.3 Å². The molecule has 3 aromatic carbocycles. The normalized spacial score (nSPS) is 12.5. The molecule has 0 unspecified atom stereocenters. The standard InChI is InChI=1S/C18H18BN3O6S3/c20-29(23,24)16-7-1-13(2-8-16)19(14-3-9-17(10-4-14)30(21,25)26)15-5-11-18(12-6-15)31(22,27)28/h1-12H,(H2,20,23,24)(H2,21,25,26)(H2,22,27,28). The summed E-state index contributed by atoms with van der Waals surface area (Å²) >= 11 is 0. The predicted octanol–water partition coefficient (Wildman–Crippen LogP) is -1.85. The van der Waals surface area contributed by atoms with Crippen molar-refractivity contribution in [1.29, 1.82) is 0 Å². The third-order valence-corrected chi connectivity index (χ3v) is 7.41. The lowest BCUT2D eigenvalue weighted by atomic mass is 9.37. The van der Waals surface area contributed by atoms with Crippen molar-refractivity contribution < 1.29 is 25.3 Å². The first-order chi connectivity index (χ1) is 14.3. The van der Waals surface area contributed by atoms with Crippen LogP contribution in [0.4, 0.5) is 0 Å². The van der Waals surface area contributed by atoms with Gasteiger partial charge in [-0.15, -0.1) is 0 Å². The lowest BCUT2D eigenvalue weighted by molar-refractivity contribution is 0.596. The minimum Gasteiger partial charge on any atom is -0.225 e. The minimum absolute atomic E-state index is 0.0656. The average Bonchev–Trinajstić information content (AvgIpc) is 2.67. The van der Waals surface area contributed by atoms with E-state index in [0.29, 0.717) is 16.4 Å². The maximum atomic E-state index is 11.6. The molecule has 0 fully saturated rings. The second-order valence-electron chi connectivity index (χ2n) is 6.78. The van der Waals surface area contributed by atoms with E-state index in [4.69, 9.17) is 15.4 Å². The minimum atomic E-state index is -3.88. The molecule has 0 aliphatic carbocycles. The van der Waals surface area contributed by atoms with Gasteiger partial charge in [-0.05, 0) is 36.4 Å². The van der Waals surface area contributed by atoms with Crippen LogP contribution in [-0.4, -0.2) is 32.0 Å². The highest BCUT2D eigenvalue weighted by Crippen LogP contribution is 2.09. The van der Waals surface area contributed by atoms with Gasteiger partial charge in [0.2, 0.25) is 36.8 Å². The summed E-state index contributed by atoms with van der Waals surface area (Å²) in [5.74, 6) is 0. The Balaban J connectivity index is 2.14. The van der Waals surface area contributed by atoms with Crippen LogP contribution >= 0.6 is 0 Å². The van der Waals surface area contributed by atoms with Gasteiger partial charge in [0.15, 0.2) is 0 Å². The lowest BCUT2D eigenvalue weighted by Gasteiger charge is -2.16. The predicted molar refractivity (Wildman–Crippen MR) is 118 cm³/mol. The van der Waals surface area contributed by atoms with Gasteiger partial charge in [0.05, 0.1) is 14.7 Å². The van der Waals surface area contributed by atoms with Crippen molar-refractivity contribution >= 4 is 53.2 Å². The Hall–Kier alpha value is -2.55. The van der Waals surface area contributed by atoms with Crippen LogP contribution < -0.4 is 31.8 Å². The fourth-order valence-electron chi connectivity index (χ4n) is 3.13. The Morgan fingerprint density at radius 1 is 0.419 bits per heavy atom. The van der Waals surface area contributed by atoms with Crippen molar-refractivity contribution in [3.8, 4) is 0 Å². The first kappa shape index (κ1) is 23.1. The maximum Gasteiger partial charge on any atom is 0.241 e. The lowest BCUT2D eigenvalue weighted by Crippen LogP contribution is -2.52. The highest BCUT2D eigenvalue weighted by atomic mass is 32.2. The van der Waals surface area contributed by atoms with E-state index in [-0.39, 0.29) is 14.7 Å². The van der Waals surface area contributed by atoms with Crippen LogP contribution in [-0.2, 0) is 30.1 Å². The molecular formula is C18H18BN3O6S3. The number of nitrogens with two attached hydrogens (primary N) is 3. The van der Waals surface area contributed by atoms with Crippen LogP contribution in [0.3, 0.4) is 0 Å². The molecule has 0 saturated carbocycles. The second-order valence-corrected chi connectivity index (χ2v) is 11.5. The summed E-state index contributed by atoms with van der Waals surface area (Å²) in [6, 6.07) is 17.6. The van der Waals surface area contributed by atoms with Gasteiger partial charge in [0, 0.05) is 0 Å². The fourth-order valence-corrected chi connectivity index (χ4v) is 4.67. The Morgan fingerprint density at radius 3 is 0.774 bits per heavy atom. The molecule has 3 rings (SSSR count). The molecule has 13 heteroatoms. The molecule has 0 heterocycles. The molecule has 0 spiro atoms. The summed E-state index contributed by atoms with van der Waals surface area (Å²) in [5, 5.41) is 15.5. The zero-order chi connectivity index (χ0) is 23.0. The summed E-state index contributed by atoms with van der Waals surface area (Å²) < 4.78 is 69.3. The third kappa shape index (κ3) is 5.39. The highest BCUT2D eigenvalue weighted by Gasteiger charge is 2.23. The van der Waals surface area contributed by atoms with Gasteiger partial charge in [-0.1, -0.05) is 52.8 Å². The smallest absolute Gasteiger partial charge is 0.225 e. The van der Waals surface area contributed by atoms with Crippen molar-refractivity contribution in [1.82, 2.24) is 0 Å². The fraction of sp³-hybridized carbons (Fsp3) is 0. The monoisotopic (exact) mass is 479 g/mol. The Kier molecular flexibility index (Phi) is 6.10. The van der Waals surface area contributed by atoms with Crippen LogP contribution in [0, 0.1) is 0 Å². The SMILES string of the molecule is NS(=O)(=O)c1ccc(B(c2ccc(S(N)(=O)=O)cc2)c2ccc(S(N)(=O)=O)cc2)cc1. The van der Waals surface area contributed by atoms with E-state index in [1.807, 2.05) is 0 Å². The summed E-state index contributed by atoms with van der Waals surface area (Å²) in [6.07, 6.45) is 0. The average molecular weight is 479 g/mol. The quantitative estimate of drug-likeness (QED) is 0.349. The number of primary sulfonamides is 3. The Labute approximate surface area is 181 Å². The van der Waals surface area contributed by atoms with E-state index < -0.39 is 36.8 Å². The first-order valence-corrected chi connectivity index (χ1v) is 13.3. The molecule has 0 atom stereocenters. The first-order valence-electron chi connectivity index (χ1n) is 8.65. The van der Waals surface area contributed by atoms with E-state index in [1.165, 1.54) is 36.4 Å². The van der Waals surface area contributed by atoms with Crippen LogP contribution in [0.1, 0.15) is 0 Å². The molecule has 0 aromatic heterocycles. The van der Waals surface area contributed by atoms with Gasteiger partial charge in [0.25, 0.3) is 0 Å². The van der Waals surface area contributed by atoms with E-state index in [0.717, 1.165) is 0 Å².